The summed E-state index contributed by atoms with van der Waals surface area (Å²) in [6, 6.07) is 14.9. The van der Waals surface area contributed by atoms with Crippen molar-refractivity contribution in [3.8, 4) is 0 Å². The summed E-state index contributed by atoms with van der Waals surface area (Å²) in [6.07, 6.45) is 0. The standard InChI is InChI=1S/C22H25N3O3/c1-16-9-10-18-19(13-16)22(28)25(21(18)27)15-20(26)24(12-11-23(2)3)14-17-7-5-4-6-8-17/h4-10,13H,11-12,14-15H2,1-3H3. The fraction of sp³-hybridized carbons (Fsp3) is 0.318. The molecule has 3 rings (SSSR count). The molecular formula is C22H25N3O3. The predicted octanol–water partition coefficient (Wildman–Crippen LogP) is 2.18. The lowest BCUT2D eigenvalue weighted by molar-refractivity contribution is -0.132. The van der Waals surface area contributed by atoms with Crippen LogP contribution in [0.5, 0.6) is 0 Å². The van der Waals surface area contributed by atoms with Gasteiger partial charge in [-0.3, -0.25) is 19.3 Å². The van der Waals surface area contributed by atoms with Gasteiger partial charge in [-0.25, -0.2) is 0 Å². The molecule has 3 amide bonds. The van der Waals surface area contributed by atoms with Crippen LogP contribution in [0.1, 0.15) is 31.8 Å². The number of imide groups is 1. The third-order valence-electron chi connectivity index (χ3n) is 4.81. The van der Waals surface area contributed by atoms with E-state index in [4.69, 9.17) is 0 Å². The number of hydrogen-bond donors (Lipinski definition) is 0. The molecule has 0 saturated carbocycles. The first-order valence-electron chi connectivity index (χ1n) is 9.30. The van der Waals surface area contributed by atoms with E-state index in [0.29, 0.717) is 30.8 Å². The monoisotopic (exact) mass is 379 g/mol. The highest BCUT2D eigenvalue weighted by Crippen LogP contribution is 2.24. The molecule has 0 spiro atoms. The predicted molar refractivity (Wildman–Crippen MR) is 107 cm³/mol. The van der Waals surface area contributed by atoms with Crippen molar-refractivity contribution in [3.63, 3.8) is 0 Å². The average molecular weight is 379 g/mol. The quantitative estimate of drug-likeness (QED) is 0.692. The number of amides is 3. The van der Waals surface area contributed by atoms with E-state index in [1.54, 1.807) is 23.1 Å². The van der Waals surface area contributed by atoms with E-state index in [1.165, 1.54) is 0 Å². The first kappa shape index (κ1) is 19.8. The molecule has 6 heteroatoms. The molecule has 0 aliphatic carbocycles. The van der Waals surface area contributed by atoms with Crippen LogP contribution in [0.3, 0.4) is 0 Å². The van der Waals surface area contributed by atoms with Crippen LogP contribution < -0.4 is 0 Å². The molecule has 6 nitrogen and oxygen atoms in total. The highest BCUT2D eigenvalue weighted by molar-refractivity contribution is 6.22. The van der Waals surface area contributed by atoms with Gasteiger partial charge in [-0.15, -0.1) is 0 Å². The molecule has 0 saturated heterocycles. The Morgan fingerprint density at radius 2 is 1.61 bits per heavy atom. The summed E-state index contributed by atoms with van der Waals surface area (Å²) in [5.41, 5.74) is 2.66. The van der Waals surface area contributed by atoms with E-state index in [0.717, 1.165) is 16.0 Å². The number of carbonyl (C=O) groups excluding carboxylic acids is 3. The Bertz CT molecular complexity index is 893. The van der Waals surface area contributed by atoms with Crippen LogP contribution >= 0.6 is 0 Å². The molecule has 0 fully saturated rings. The minimum Gasteiger partial charge on any atom is -0.336 e. The molecule has 28 heavy (non-hydrogen) atoms. The second kappa shape index (κ2) is 8.35. The van der Waals surface area contributed by atoms with Crippen LogP contribution in [0, 0.1) is 6.92 Å². The number of hydrogen-bond acceptors (Lipinski definition) is 4. The highest BCUT2D eigenvalue weighted by Gasteiger charge is 2.37. The van der Waals surface area contributed by atoms with Gasteiger partial charge in [-0.2, -0.15) is 0 Å². The molecule has 0 atom stereocenters. The lowest BCUT2D eigenvalue weighted by atomic mass is 10.1. The van der Waals surface area contributed by atoms with Gasteiger partial charge in [0.25, 0.3) is 11.8 Å². The number of carbonyl (C=O) groups is 3. The highest BCUT2D eigenvalue weighted by atomic mass is 16.2. The summed E-state index contributed by atoms with van der Waals surface area (Å²) in [5, 5.41) is 0. The Kier molecular flexibility index (Phi) is 5.90. The van der Waals surface area contributed by atoms with Crippen LogP contribution in [0.25, 0.3) is 0 Å². The van der Waals surface area contributed by atoms with Crippen molar-refractivity contribution in [1.29, 1.82) is 0 Å². The Morgan fingerprint density at radius 1 is 0.929 bits per heavy atom. The van der Waals surface area contributed by atoms with E-state index in [1.807, 2.05) is 56.3 Å². The summed E-state index contributed by atoms with van der Waals surface area (Å²) in [7, 11) is 3.88. The van der Waals surface area contributed by atoms with Gasteiger partial charge >= 0.3 is 0 Å². The van der Waals surface area contributed by atoms with Crippen molar-refractivity contribution in [2.75, 3.05) is 33.7 Å². The molecule has 146 valence electrons. The molecule has 0 N–H and O–H groups in total. The maximum absolute atomic E-state index is 13.0. The smallest absolute Gasteiger partial charge is 0.262 e. The Labute approximate surface area is 165 Å². The molecular weight excluding hydrogens is 354 g/mol. The SMILES string of the molecule is Cc1ccc2c(c1)C(=O)N(CC(=O)N(CCN(C)C)Cc1ccccc1)C2=O. The van der Waals surface area contributed by atoms with Crippen molar-refractivity contribution in [1.82, 2.24) is 14.7 Å². The van der Waals surface area contributed by atoms with Crippen molar-refractivity contribution in [2.24, 2.45) is 0 Å². The molecule has 0 bridgehead atoms. The molecule has 1 heterocycles. The van der Waals surface area contributed by atoms with Crippen molar-refractivity contribution >= 4 is 17.7 Å². The lowest BCUT2D eigenvalue weighted by Crippen LogP contribution is -2.44. The number of nitrogens with zero attached hydrogens (tertiary/aromatic N) is 3. The molecule has 2 aromatic rings. The molecule has 1 aliphatic rings. The Morgan fingerprint density at radius 3 is 2.29 bits per heavy atom. The zero-order chi connectivity index (χ0) is 20.3. The van der Waals surface area contributed by atoms with Crippen molar-refractivity contribution in [3.05, 3.63) is 70.8 Å². The third kappa shape index (κ3) is 4.28. The van der Waals surface area contributed by atoms with Crippen LogP contribution in [0.4, 0.5) is 0 Å². The van der Waals surface area contributed by atoms with Gasteiger partial charge in [0, 0.05) is 19.6 Å². The van der Waals surface area contributed by atoms with Crippen molar-refractivity contribution in [2.45, 2.75) is 13.5 Å². The second-order valence-corrected chi connectivity index (χ2v) is 7.35. The van der Waals surface area contributed by atoms with E-state index < -0.39 is 11.8 Å². The minimum atomic E-state index is -0.402. The fourth-order valence-corrected chi connectivity index (χ4v) is 3.20. The topological polar surface area (TPSA) is 60.9 Å². The third-order valence-corrected chi connectivity index (χ3v) is 4.81. The molecule has 1 aliphatic heterocycles. The number of aryl methyl sites for hydroxylation is 1. The Balaban J connectivity index is 1.76. The first-order chi connectivity index (χ1) is 13.4. The zero-order valence-corrected chi connectivity index (χ0v) is 16.5. The van der Waals surface area contributed by atoms with Gasteiger partial charge in [0.1, 0.15) is 6.54 Å². The summed E-state index contributed by atoms with van der Waals surface area (Å²) in [4.78, 5) is 43.0. The van der Waals surface area contributed by atoms with Gasteiger partial charge < -0.3 is 9.80 Å². The molecule has 0 aromatic heterocycles. The fourth-order valence-electron chi connectivity index (χ4n) is 3.20. The molecule has 0 radical (unpaired) electrons. The summed E-state index contributed by atoms with van der Waals surface area (Å²) in [6.45, 7) is 3.28. The van der Waals surface area contributed by atoms with Crippen LogP contribution in [-0.4, -0.2) is 66.2 Å². The number of benzene rings is 2. The second-order valence-electron chi connectivity index (χ2n) is 7.35. The normalized spacial score (nSPS) is 13.2. The summed E-state index contributed by atoms with van der Waals surface area (Å²) >= 11 is 0. The number of likely N-dealkylation sites (N-methyl/N-ethyl adjacent to an activating group) is 1. The maximum Gasteiger partial charge on any atom is 0.262 e. The van der Waals surface area contributed by atoms with E-state index in [2.05, 4.69) is 0 Å². The van der Waals surface area contributed by atoms with Crippen LogP contribution in [0.15, 0.2) is 48.5 Å². The largest absolute Gasteiger partial charge is 0.336 e. The first-order valence-corrected chi connectivity index (χ1v) is 9.30. The van der Waals surface area contributed by atoms with Gasteiger partial charge in [-0.05, 0) is 38.7 Å². The summed E-state index contributed by atoms with van der Waals surface area (Å²) < 4.78 is 0. The molecule has 0 unspecified atom stereocenters. The lowest BCUT2D eigenvalue weighted by Gasteiger charge is -2.26. The van der Waals surface area contributed by atoms with Gasteiger partial charge in [0.05, 0.1) is 11.1 Å². The number of rotatable bonds is 7. The zero-order valence-electron chi connectivity index (χ0n) is 16.5. The van der Waals surface area contributed by atoms with E-state index in [9.17, 15) is 14.4 Å². The van der Waals surface area contributed by atoms with Crippen LogP contribution in [-0.2, 0) is 11.3 Å². The maximum atomic E-state index is 13.0. The minimum absolute atomic E-state index is 0.239. The Hall–Kier alpha value is -2.99. The van der Waals surface area contributed by atoms with Crippen LogP contribution in [0.2, 0.25) is 0 Å². The van der Waals surface area contributed by atoms with Crippen molar-refractivity contribution < 1.29 is 14.4 Å². The van der Waals surface area contributed by atoms with Gasteiger partial charge in [0.15, 0.2) is 0 Å². The van der Waals surface area contributed by atoms with Gasteiger partial charge in [-0.1, -0.05) is 42.0 Å². The van der Waals surface area contributed by atoms with Gasteiger partial charge in [0.2, 0.25) is 5.91 Å². The average Bonchev–Trinajstić information content (AvgIpc) is 2.90. The molecule has 2 aromatic carbocycles. The number of fused-ring (bicyclic) bond motifs is 1. The van der Waals surface area contributed by atoms with E-state index in [-0.39, 0.29) is 12.5 Å². The summed E-state index contributed by atoms with van der Waals surface area (Å²) in [5.74, 6) is -1.04. The van der Waals surface area contributed by atoms with E-state index >= 15 is 0 Å².